The van der Waals surface area contributed by atoms with E-state index in [1.165, 1.54) is 0 Å². The molecule has 1 aliphatic heterocycles. The van der Waals surface area contributed by atoms with Crippen LogP contribution in [0.15, 0.2) is 17.4 Å². The lowest BCUT2D eigenvalue weighted by molar-refractivity contribution is 0.345. The molecule has 1 fully saturated rings. The summed E-state index contributed by atoms with van der Waals surface area (Å²) >= 11 is 1.80. The molecule has 0 spiro atoms. The van der Waals surface area contributed by atoms with Gasteiger partial charge in [0, 0.05) is 36.5 Å². The summed E-state index contributed by atoms with van der Waals surface area (Å²) in [6.45, 7) is 1.68. The molecule has 2 aliphatic rings. The highest BCUT2D eigenvalue weighted by Gasteiger charge is 2.29. The van der Waals surface area contributed by atoms with E-state index >= 15 is 0 Å². The van der Waals surface area contributed by atoms with E-state index in [0.29, 0.717) is 24.5 Å². The van der Waals surface area contributed by atoms with Gasteiger partial charge in [0.25, 0.3) is 0 Å². The Hall–Kier alpha value is -1.80. The summed E-state index contributed by atoms with van der Waals surface area (Å²) in [6, 6.07) is 2.27. The number of aromatic nitrogens is 4. The van der Waals surface area contributed by atoms with Crippen LogP contribution in [-0.2, 0) is 13.1 Å². The van der Waals surface area contributed by atoms with Crippen LogP contribution in [0.1, 0.15) is 30.1 Å². The molecule has 7 nitrogen and oxygen atoms in total. The Labute approximate surface area is 132 Å². The number of fused-ring (bicyclic) bond motifs is 1. The fraction of sp³-hybridized carbons (Fsp3) is 0.500. The third-order valence-corrected chi connectivity index (χ3v) is 5.13. The van der Waals surface area contributed by atoms with Gasteiger partial charge in [-0.25, -0.2) is 9.97 Å². The molecule has 1 aliphatic carbocycles. The Morgan fingerprint density at radius 2 is 2.18 bits per heavy atom. The number of nitrogen functional groups attached to an aromatic ring is 1. The molecule has 0 aromatic carbocycles. The van der Waals surface area contributed by atoms with Crippen molar-refractivity contribution in [3.05, 3.63) is 23.7 Å². The normalized spacial score (nSPS) is 23.1. The van der Waals surface area contributed by atoms with Gasteiger partial charge in [0.15, 0.2) is 5.16 Å². The van der Waals surface area contributed by atoms with Crippen LogP contribution in [0.4, 0.5) is 11.8 Å². The molecule has 0 radical (unpaired) electrons. The molecular weight excluding hydrogens is 298 g/mol. The minimum absolute atomic E-state index is 0.294. The van der Waals surface area contributed by atoms with Crippen molar-refractivity contribution >= 4 is 23.5 Å². The van der Waals surface area contributed by atoms with Crippen LogP contribution in [0.2, 0.25) is 0 Å². The molecule has 8 heteroatoms. The van der Waals surface area contributed by atoms with Crippen molar-refractivity contribution in [1.29, 1.82) is 0 Å². The predicted molar refractivity (Wildman–Crippen MR) is 86.7 cm³/mol. The van der Waals surface area contributed by atoms with E-state index in [-0.39, 0.29) is 0 Å². The van der Waals surface area contributed by atoms with Gasteiger partial charge in [-0.05, 0) is 12.8 Å². The van der Waals surface area contributed by atoms with Crippen molar-refractivity contribution in [2.24, 2.45) is 5.73 Å². The van der Waals surface area contributed by atoms with E-state index in [1.807, 2.05) is 6.07 Å². The van der Waals surface area contributed by atoms with Gasteiger partial charge in [0.2, 0.25) is 5.95 Å². The van der Waals surface area contributed by atoms with Crippen LogP contribution in [0.5, 0.6) is 0 Å². The number of aryl methyl sites for hydroxylation is 1. The zero-order valence-corrected chi connectivity index (χ0v) is 13.0. The van der Waals surface area contributed by atoms with Crippen molar-refractivity contribution < 1.29 is 0 Å². The highest BCUT2D eigenvalue weighted by Crippen LogP contribution is 2.35. The van der Waals surface area contributed by atoms with Gasteiger partial charge < -0.3 is 21.4 Å². The SMILES string of the molecule is Nc1nc(NCc2cn3c(n2)SCC3)cc(C2CC(N)C2)n1. The monoisotopic (exact) mass is 317 g/mol. The molecule has 0 saturated heterocycles. The molecule has 0 atom stereocenters. The summed E-state index contributed by atoms with van der Waals surface area (Å²) < 4.78 is 2.19. The molecular formula is C14H19N7S. The molecule has 116 valence electrons. The van der Waals surface area contributed by atoms with Crippen molar-refractivity contribution in [3.63, 3.8) is 0 Å². The van der Waals surface area contributed by atoms with Crippen LogP contribution in [-0.4, -0.2) is 31.3 Å². The van der Waals surface area contributed by atoms with E-state index in [2.05, 4.69) is 31.0 Å². The first-order valence-electron chi connectivity index (χ1n) is 7.50. The Morgan fingerprint density at radius 1 is 1.32 bits per heavy atom. The largest absolute Gasteiger partial charge is 0.368 e. The zero-order chi connectivity index (χ0) is 15.1. The number of thioether (sulfide) groups is 1. The maximum absolute atomic E-state index is 5.85. The second-order valence-electron chi connectivity index (χ2n) is 5.87. The van der Waals surface area contributed by atoms with E-state index in [1.54, 1.807) is 11.8 Å². The number of hydrogen-bond donors (Lipinski definition) is 3. The van der Waals surface area contributed by atoms with E-state index in [9.17, 15) is 0 Å². The van der Waals surface area contributed by atoms with E-state index in [0.717, 1.165) is 47.5 Å². The molecule has 2 aromatic rings. The van der Waals surface area contributed by atoms with Gasteiger partial charge in [-0.1, -0.05) is 11.8 Å². The topological polar surface area (TPSA) is 108 Å². The average molecular weight is 317 g/mol. The molecule has 5 N–H and O–H groups in total. The maximum Gasteiger partial charge on any atom is 0.222 e. The average Bonchev–Trinajstić information content (AvgIpc) is 3.02. The van der Waals surface area contributed by atoms with Crippen molar-refractivity contribution in [2.45, 2.75) is 43.0 Å². The number of hydrogen-bond acceptors (Lipinski definition) is 7. The lowest BCUT2D eigenvalue weighted by atomic mass is 9.78. The Morgan fingerprint density at radius 3 is 2.95 bits per heavy atom. The molecule has 22 heavy (non-hydrogen) atoms. The van der Waals surface area contributed by atoms with Crippen LogP contribution >= 0.6 is 11.8 Å². The Bertz CT molecular complexity index is 671. The third-order valence-electron chi connectivity index (χ3n) is 4.16. The van der Waals surface area contributed by atoms with E-state index < -0.39 is 0 Å². The second-order valence-corrected chi connectivity index (χ2v) is 6.94. The number of nitrogens with one attached hydrogen (secondary N) is 1. The van der Waals surface area contributed by atoms with Gasteiger partial charge in [-0.2, -0.15) is 4.98 Å². The molecule has 4 rings (SSSR count). The first kappa shape index (κ1) is 13.8. The number of rotatable bonds is 4. The summed E-state index contributed by atoms with van der Waals surface area (Å²) in [5, 5.41) is 4.40. The standard InChI is InChI=1S/C14H19N7S/c15-9-3-8(4-9)11-5-12(20-13(16)19-11)17-6-10-7-21-1-2-22-14(21)18-10/h5,7-9H,1-4,6,15H2,(H3,16,17,19,20). The van der Waals surface area contributed by atoms with Gasteiger partial charge in [0.05, 0.1) is 17.9 Å². The zero-order valence-electron chi connectivity index (χ0n) is 12.2. The first-order chi connectivity index (χ1) is 10.7. The summed E-state index contributed by atoms with van der Waals surface area (Å²) in [5.41, 5.74) is 13.7. The minimum atomic E-state index is 0.294. The number of anilines is 2. The minimum Gasteiger partial charge on any atom is -0.368 e. The fourth-order valence-electron chi connectivity index (χ4n) is 2.92. The van der Waals surface area contributed by atoms with Gasteiger partial charge in [-0.15, -0.1) is 0 Å². The Kier molecular flexibility index (Phi) is 3.42. The summed E-state index contributed by atoms with van der Waals surface area (Å²) in [5.74, 6) is 2.59. The van der Waals surface area contributed by atoms with Gasteiger partial charge in [-0.3, -0.25) is 0 Å². The summed E-state index contributed by atoms with van der Waals surface area (Å²) in [7, 11) is 0. The second kappa shape index (κ2) is 5.44. The van der Waals surface area contributed by atoms with Crippen LogP contribution in [0.3, 0.4) is 0 Å². The van der Waals surface area contributed by atoms with Crippen molar-refractivity contribution in [2.75, 3.05) is 16.8 Å². The van der Waals surface area contributed by atoms with Crippen molar-refractivity contribution in [1.82, 2.24) is 19.5 Å². The van der Waals surface area contributed by atoms with E-state index in [4.69, 9.17) is 11.5 Å². The highest BCUT2D eigenvalue weighted by atomic mass is 32.2. The fourth-order valence-corrected chi connectivity index (χ4v) is 3.88. The van der Waals surface area contributed by atoms with Crippen LogP contribution in [0, 0.1) is 0 Å². The molecule has 2 aromatic heterocycles. The third kappa shape index (κ3) is 2.64. The highest BCUT2D eigenvalue weighted by molar-refractivity contribution is 7.99. The van der Waals surface area contributed by atoms with Crippen molar-refractivity contribution in [3.8, 4) is 0 Å². The smallest absolute Gasteiger partial charge is 0.222 e. The summed E-state index contributed by atoms with van der Waals surface area (Å²) in [6.07, 6.45) is 4.04. The number of nitrogens with two attached hydrogens (primary N) is 2. The molecule has 1 saturated carbocycles. The lowest BCUT2D eigenvalue weighted by Gasteiger charge is -2.32. The lowest BCUT2D eigenvalue weighted by Crippen LogP contribution is -2.35. The molecule has 3 heterocycles. The number of imidazole rings is 1. The van der Waals surface area contributed by atoms with Gasteiger partial charge >= 0.3 is 0 Å². The van der Waals surface area contributed by atoms with Gasteiger partial charge in [0.1, 0.15) is 5.82 Å². The summed E-state index contributed by atoms with van der Waals surface area (Å²) in [4.78, 5) is 13.2. The maximum atomic E-state index is 5.85. The van der Waals surface area contributed by atoms with Crippen LogP contribution in [0.25, 0.3) is 0 Å². The Balaban J connectivity index is 1.45. The first-order valence-corrected chi connectivity index (χ1v) is 8.48. The van der Waals surface area contributed by atoms with Crippen LogP contribution < -0.4 is 16.8 Å². The quantitative estimate of drug-likeness (QED) is 0.777. The molecule has 0 amide bonds. The number of nitrogens with zero attached hydrogens (tertiary/aromatic N) is 4. The molecule has 0 unspecified atom stereocenters. The molecule has 0 bridgehead atoms. The predicted octanol–water partition coefficient (Wildman–Crippen LogP) is 1.18.